The van der Waals surface area contributed by atoms with Gasteiger partial charge in [-0.3, -0.25) is 4.68 Å². The minimum absolute atomic E-state index is 0.0877. The van der Waals surface area contributed by atoms with Crippen LogP contribution in [-0.2, 0) is 6.54 Å². The largest absolute Gasteiger partial charge is 0.472 e. The highest BCUT2D eigenvalue weighted by Gasteiger charge is 2.21. The van der Waals surface area contributed by atoms with Crippen LogP contribution >= 0.6 is 11.6 Å². The van der Waals surface area contributed by atoms with Gasteiger partial charge in [-0.1, -0.05) is 11.6 Å². The molecule has 4 rings (SSSR count). The van der Waals surface area contributed by atoms with Gasteiger partial charge in [0.05, 0.1) is 22.3 Å². The Bertz CT molecular complexity index is 853. The molecule has 1 aliphatic rings. The Morgan fingerprint density at radius 1 is 1.46 bits per heavy atom. The molecule has 8 nitrogen and oxygen atoms in total. The van der Waals surface area contributed by atoms with Crippen molar-refractivity contribution < 1.29 is 4.74 Å². The average molecular weight is 348 g/mol. The van der Waals surface area contributed by atoms with E-state index in [0.29, 0.717) is 27.9 Å². The monoisotopic (exact) mass is 347 g/mol. The molecule has 3 aromatic heterocycles. The number of nitrogens with one attached hydrogen (secondary N) is 3. The smallest absolute Gasteiger partial charge is 0.232 e. The first-order valence-electron chi connectivity index (χ1n) is 7.94. The summed E-state index contributed by atoms with van der Waals surface area (Å²) in [5, 5.41) is 11.9. The van der Waals surface area contributed by atoms with Crippen LogP contribution in [-0.4, -0.2) is 43.9 Å². The molecule has 0 radical (unpaired) electrons. The molecule has 0 saturated carbocycles. The van der Waals surface area contributed by atoms with Crippen molar-refractivity contribution in [3.8, 4) is 5.88 Å². The van der Waals surface area contributed by atoms with Crippen LogP contribution < -0.4 is 15.4 Å². The molecule has 0 bridgehead atoms. The summed E-state index contributed by atoms with van der Waals surface area (Å²) in [6.07, 6.45) is 6.36. The molecule has 3 N–H and O–H groups in total. The zero-order valence-electron chi connectivity index (χ0n) is 13.2. The number of aromatic amines is 1. The Morgan fingerprint density at radius 3 is 3.12 bits per heavy atom. The number of rotatable bonds is 5. The van der Waals surface area contributed by atoms with E-state index in [1.165, 1.54) is 0 Å². The van der Waals surface area contributed by atoms with Crippen LogP contribution in [0.3, 0.4) is 0 Å². The van der Waals surface area contributed by atoms with Gasteiger partial charge in [-0.15, -0.1) is 0 Å². The summed E-state index contributed by atoms with van der Waals surface area (Å²) < 4.78 is 7.88. The van der Waals surface area contributed by atoms with Gasteiger partial charge in [-0.05, 0) is 19.9 Å². The fourth-order valence-electron chi connectivity index (χ4n) is 2.72. The Hall–Kier alpha value is -2.32. The molecule has 1 fully saturated rings. The van der Waals surface area contributed by atoms with E-state index >= 15 is 0 Å². The standard InChI is InChI=1S/C15H18ClN7O/c1-2-23-8-9(5-19-23)20-15-21-13-12(11(16)7-18-13)14(22-15)24-10-3-4-17-6-10/h5,7-8,10,17H,2-4,6H2,1H3,(H2,18,20,21,22)/t10-/m1/s1. The summed E-state index contributed by atoms with van der Waals surface area (Å²) in [5.74, 6) is 0.933. The highest BCUT2D eigenvalue weighted by Crippen LogP contribution is 2.32. The predicted molar refractivity (Wildman–Crippen MR) is 92.0 cm³/mol. The van der Waals surface area contributed by atoms with Crippen LogP contribution in [0.5, 0.6) is 5.88 Å². The van der Waals surface area contributed by atoms with E-state index in [1.54, 1.807) is 12.4 Å². The summed E-state index contributed by atoms with van der Waals surface area (Å²) >= 11 is 6.26. The minimum Gasteiger partial charge on any atom is -0.472 e. The van der Waals surface area contributed by atoms with Crippen molar-refractivity contribution in [1.82, 2.24) is 30.0 Å². The van der Waals surface area contributed by atoms with E-state index in [0.717, 1.165) is 31.7 Å². The molecule has 126 valence electrons. The van der Waals surface area contributed by atoms with Gasteiger partial charge in [0.25, 0.3) is 0 Å². The number of halogens is 1. The summed E-state index contributed by atoms with van der Waals surface area (Å²) in [5.41, 5.74) is 1.46. The summed E-state index contributed by atoms with van der Waals surface area (Å²) in [6.45, 7) is 4.58. The Morgan fingerprint density at radius 2 is 2.38 bits per heavy atom. The Labute approximate surface area is 143 Å². The SMILES string of the molecule is CCn1cc(Nc2nc(O[C@@H]3CCNC3)c3c(Cl)c[nH]c3n2)cn1. The quantitative estimate of drug-likeness (QED) is 0.656. The molecular weight excluding hydrogens is 330 g/mol. The van der Waals surface area contributed by atoms with Crippen LogP contribution in [0, 0.1) is 0 Å². The topological polar surface area (TPSA) is 92.7 Å². The molecule has 0 aliphatic carbocycles. The van der Waals surface area contributed by atoms with Crippen LogP contribution in [0.4, 0.5) is 11.6 Å². The summed E-state index contributed by atoms with van der Waals surface area (Å²) in [4.78, 5) is 12.0. The molecule has 0 spiro atoms. The van der Waals surface area contributed by atoms with Crippen molar-refractivity contribution in [1.29, 1.82) is 0 Å². The molecule has 4 heterocycles. The summed E-state index contributed by atoms with van der Waals surface area (Å²) in [6, 6.07) is 0. The molecule has 24 heavy (non-hydrogen) atoms. The van der Waals surface area contributed by atoms with Gasteiger partial charge < -0.3 is 20.4 Å². The molecular formula is C15H18ClN7O. The van der Waals surface area contributed by atoms with Crippen molar-refractivity contribution in [2.24, 2.45) is 0 Å². The maximum atomic E-state index is 6.26. The second-order valence-electron chi connectivity index (χ2n) is 5.65. The predicted octanol–water partition coefficient (Wildman–Crippen LogP) is 2.31. The van der Waals surface area contributed by atoms with Gasteiger partial charge >= 0.3 is 0 Å². The molecule has 0 aromatic carbocycles. The second-order valence-corrected chi connectivity index (χ2v) is 6.06. The maximum Gasteiger partial charge on any atom is 0.232 e. The highest BCUT2D eigenvalue weighted by molar-refractivity contribution is 6.35. The summed E-state index contributed by atoms with van der Waals surface area (Å²) in [7, 11) is 0. The minimum atomic E-state index is 0.0877. The lowest BCUT2D eigenvalue weighted by Gasteiger charge is -2.13. The number of H-pyrrole nitrogens is 1. The number of aromatic nitrogens is 5. The lowest BCUT2D eigenvalue weighted by atomic mass is 10.3. The first kappa shape index (κ1) is 15.2. The molecule has 1 aliphatic heterocycles. The van der Waals surface area contributed by atoms with Gasteiger partial charge in [0.15, 0.2) is 0 Å². The molecule has 0 amide bonds. The molecule has 0 unspecified atom stereocenters. The van der Waals surface area contributed by atoms with Gasteiger partial charge in [-0.2, -0.15) is 15.1 Å². The fraction of sp³-hybridized carbons (Fsp3) is 0.400. The third-order valence-corrected chi connectivity index (χ3v) is 4.26. The van der Waals surface area contributed by atoms with Crippen LogP contribution in [0.2, 0.25) is 5.02 Å². The first-order chi connectivity index (χ1) is 11.7. The number of ether oxygens (including phenoxy) is 1. The van der Waals surface area contributed by atoms with Crippen LogP contribution in [0.15, 0.2) is 18.6 Å². The van der Waals surface area contributed by atoms with E-state index in [-0.39, 0.29) is 6.10 Å². The number of fused-ring (bicyclic) bond motifs is 1. The van der Waals surface area contributed by atoms with E-state index < -0.39 is 0 Å². The van der Waals surface area contributed by atoms with E-state index in [2.05, 4.69) is 30.7 Å². The van der Waals surface area contributed by atoms with Crippen molar-refractivity contribution in [2.45, 2.75) is 26.0 Å². The first-order valence-corrected chi connectivity index (χ1v) is 8.32. The van der Waals surface area contributed by atoms with Crippen LogP contribution in [0.25, 0.3) is 11.0 Å². The Balaban J connectivity index is 1.67. The van der Waals surface area contributed by atoms with E-state index in [1.807, 2.05) is 17.8 Å². The van der Waals surface area contributed by atoms with Crippen molar-refractivity contribution in [3.05, 3.63) is 23.6 Å². The zero-order valence-corrected chi connectivity index (χ0v) is 14.0. The molecule has 3 aromatic rings. The number of anilines is 2. The molecule has 1 atom stereocenters. The maximum absolute atomic E-state index is 6.26. The van der Waals surface area contributed by atoms with E-state index in [4.69, 9.17) is 16.3 Å². The molecule has 9 heteroatoms. The number of hydrogen-bond acceptors (Lipinski definition) is 6. The molecule has 1 saturated heterocycles. The fourth-order valence-corrected chi connectivity index (χ4v) is 2.95. The van der Waals surface area contributed by atoms with E-state index in [9.17, 15) is 0 Å². The normalized spacial score (nSPS) is 17.5. The van der Waals surface area contributed by atoms with Crippen LogP contribution in [0.1, 0.15) is 13.3 Å². The zero-order chi connectivity index (χ0) is 16.5. The van der Waals surface area contributed by atoms with Gasteiger partial charge in [-0.25, -0.2) is 0 Å². The Kier molecular flexibility index (Phi) is 3.99. The van der Waals surface area contributed by atoms with Gasteiger partial charge in [0, 0.05) is 25.5 Å². The number of nitrogens with zero attached hydrogens (tertiary/aromatic N) is 4. The third kappa shape index (κ3) is 2.90. The number of aryl methyl sites for hydroxylation is 1. The third-order valence-electron chi connectivity index (χ3n) is 3.96. The van der Waals surface area contributed by atoms with Crippen molar-refractivity contribution in [2.75, 3.05) is 18.4 Å². The van der Waals surface area contributed by atoms with Crippen molar-refractivity contribution in [3.63, 3.8) is 0 Å². The van der Waals surface area contributed by atoms with Gasteiger partial charge in [0.1, 0.15) is 11.8 Å². The number of hydrogen-bond donors (Lipinski definition) is 3. The lowest BCUT2D eigenvalue weighted by molar-refractivity contribution is 0.217. The highest BCUT2D eigenvalue weighted by atomic mass is 35.5. The lowest BCUT2D eigenvalue weighted by Crippen LogP contribution is -2.20. The van der Waals surface area contributed by atoms with Gasteiger partial charge in [0.2, 0.25) is 11.8 Å². The average Bonchev–Trinajstić information content (AvgIpc) is 3.30. The van der Waals surface area contributed by atoms with Crippen molar-refractivity contribution >= 4 is 34.3 Å². The second kappa shape index (κ2) is 6.29.